The Kier molecular flexibility index (Phi) is 5.95. The van der Waals surface area contributed by atoms with Gasteiger partial charge in [-0.1, -0.05) is 24.3 Å². The standard InChI is InChI=1S/C23H23N3O3/c1-16-9-12-19(26(25(2)3)23(29)18-7-5-4-6-8-18)15-21(16)24-22(28)17-10-13-20(27)14-11-17/h4-15,27H,1-3H3,(H,24,28). The molecule has 29 heavy (non-hydrogen) atoms. The summed E-state index contributed by atoms with van der Waals surface area (Å²) in [4.78, 5) is 25.6. The monoisotopic (exact) mass is 389 g/mol. The fraction of sp³-hybridized carbons (Fsp3) is 0.130. The zero-order valence-electron chi connectivity index (χ0n) is 16.6. The normalized spacial score (nSPS) is 10.6. The molecule has 0 heterocycles. The zero-order chi connectivity index (χ0) is 21.0. The number of phenolic OH excluding ortho intramolecular Hbond substituents is 1. The van der Waals surface area contributed by atoms with E-state index >= 15 is 0 Å². The van der Waals surface area contributed by atoms with Crippen molar-refractivity contribution in [1.29, 1.82) is 0 Å². The number of amides is 2. The third-order valence-corrected chi connectivity index (χ3v) is 4.46. The minimum atomic E-state index is -0.295. The number of carbonyl (C=O) groups is 2. The first kappa shape index (κ1) is 20.1. The molecule has 0 aromatic heterocycles. The summed E-state index contributed by atoms with van der Waals surface area (Å²) < 4.78 is 0. The van der Waals surface area contributed by atoms with Gasteiger partial charge in [0.25, 0.3) is 11.8 Å². The molecule has 0 unspecified atom stereocenters. The largest absolute Gasteiger partial charge is 0.508 e. The second-order valence-corrected chi connectivity index (χ2v) is 6.83. The van der Waals surface area contributed by atoms with Gasteiger partial charge in [-0.3, -0.25) is 9.59 Å². The molecule has 0 fully saturated rings. The number of rotatable bonds is 5. The van der Waals surface area contributed by atoms with Gasteiger partial charge in [-0.25, -0.2) is 10.0 Å². The average molecular weight is 389 g/mol. The molecule has 3 aromatic rings. The van der Waals surface area contributed by atoms with Gasteiger partial charge >= 0.3 is 0 Å². The molecule has 0 saturated carbocycles. The van der Waals surface area contributed by atoms with Gasteiger partial charge in [-0.05, 0) is 61.0 Å². The summed E-state index contributed by atoms with van der Waals surface area (Å²) >= 11 is 0. The van der Waals surface area contributed by atoms with E-state index in [4.69, 9.17) is 0 Å². The van der Waals surface area contributed by atoms with Gasteiger partial charge in [0.05, 0.1) is 5.69 Å². The smallest absolute Gasteiger partial charge is 0.272 e. The number of hydrogen-bond acceptors (Lipinski definition) is 4. The summed E-state index contributed by atoms with van der Waals surface area (Å²) in [6, 6.07) is 20.5. The molecule has 0 atom stereocenters. The summed E-state index contributed by atoms with van der Waals surface area (Å²) in [5.41, 5.74) is 3.10. The third kappa shape index (κ3) is 4.62. The van der Waals surface area contributed by atoms with Crippen LogP contribution in [0.25, 0.3) is 0 Å². The van der Waals surface area contributed by atoms with Gasteiger partial charge in [-0.15, -0.1) is 0 Å². The Hall–Kier alpha value is -3.64. The zero-order valence-corrected chi connectivity index (χ0v) is 16.6. The molecule has 0 bridgehead atoms. The van der Waals surface area contributed by atoms with Crippen LogP contribution in [0.15, 0.2) is 72.8 Å². The van der Waals surface area contributed by atoms with Gasteiger partial charge in [0.15, 0.2) is 0 Å². The molecule has 0 radical (unpaired) electrons. The third-order valence-electron chi connectivity index (χ3n) is 4.46. The second-order valence-electron chi connectivity index (χ2n) is 6.83. The van der Waals surface area contributed by atoms with Crippen molar-refractivity contribution >= 4 is 23.2 Å². The van der Waals surface area contributed by atoms with Crippen LogP contribution in [0.2, 0.25) is 0 Å². The Morgan fingerprint density at radius 2 is 1.52 bits per heavy atom. The van der Waals surface area contributed by atoms with E-state index in [2.05, 4.69) is 5.32 Å². The summed E-state index contributed by atoms with van der Waals surface area (Å²) in [7, 11) is 3.57. The number of hydrogen-bond donors (Lipinski definition) is 2. The van der Waals surface area contributed by atoms with E-state index in [0.717, 1.165) is 5.56 Å². The fourth-order valence-corrected chi connectivity index (χ4v) is 2.92. The maximum atomic E-state index is 13.0. The van der Waals surface area contributed by atoms with E-state index in [9.17, 15) is 14.7 Å². The Morgan fingerprint density at radius 3 is 2.14 bits per heavy atom. The fourth-order valence-electron chi connectivity index (χ4n) is 2.92. The second kappa shape index (κ2) is 8.58. The highest BCUT2D eigenvalue weighted by Gasteiger charge is 2.21. The van der Waals surface area contributed by atoms with Crippen LogP contribution < -0.4 is 10.3 Å². The lowest BCUT2D eigenvalue weighted by Crippen LogP contribution is -2.42. The van der Waals surface area contributed by atoms with Gasteiger partial charge in [-0.2, -0.15) is 0 Å². The van der Waals surface area contributed by atoms with Crippen molar-refractivity contribution in [3.63, 3.8) is 0 Å². The highest BCUT2D eigenvalue weighted by molar-refractivity contribution is 6.07. The number of benzene rings is 3. The first-order valence-corrected chi connectivity index (χ1v) is 9.14. The number of hydrazine groups is 1. The maximum absolute atomic E-state index is 13.0. The van der Waals surface area contributed by atoms with Crippen LogP contribution >= 0.6 is 0 Å². The molecule has 2 amide bonds. The van der Waals surface area contributed by atoms with Crippen LogP contribution in [-0.2, 0) is 0 Å². The van der Waals surface area contributed by atoms with Gasteiger partial charge in [0, 0.05) is 30.9 Å². The van der Waals surface area contributed by atoms with E-state index in [0.29, 0.717) is 22.5 Å². The molecule has 0 aliphatic heterocycles. The van der Waals surface area contributed by atoms with Crippen molar-refractivity contribution < 1.29 is 14.7 Å². The van der Waals surface area contributed by atoms with E-state index < -0.39 is 0 Å². The van der Waals surface area contributed by atoms with Crippen LogP contribution in [0, 0.1) is 6.92 Å². The van der Waals surface area contributed by atoms with Crippen LogP contribution in [0.4, 0.5) is 11.4 Å². The quantitative estimate of drug-likeness (QED) is 0.645. The van der Waals surface area contributed by atoms with Crippen molar-refractivity contribution in [2.24, 2.45) is 0 Å². The number of phenols is 1. The van der Waals surface area contributed by atoms with Gasteiger partial charge in [0.2, 0.25) is 0 Å². The lowest BCUT2D eigenvalue weighted by Gasteiger charge is -2.29. The predicted octanol–water partition coefficient (Wildman–Crippen LogP) is 4.08. The van der Waals surface area contributed by atoms with E-state index in [1.807, 2.05) is 37.3 Å². The highest BCUT2D eigenvalue weighted by Crippen LogP contribution is 2.26. The molecule has 3 rings (SSSR count). The molecule has 0 aliphatic rings. The Morgan fingerprint density at radius 1 is 0.862 bits per heavy atom. The van der Waals surface area contributed by atoms with Crippen LogP contribution in [0.1, 0.15) is 26.3 Å². The molecule has 2 N–H and O–H groups in total. The number of nitrogens with zero attached hydrogens (tertiary/aromatic N) is 2. The first-order chi connectivity index (χ1) is 13.9. The topological polar surface area (TPSA) is 72.9 Å². The van der Waals surface area contributed by atoms with Crippen molar-refractivity contribution in [3.05, 3.63) is 89.5 Å². The Balaban J connectivity index is 1.91. The molecule has 6 nitrogen and oxygen atoms in total. The molecule has 0 spiro atoms. The van der Waals surface area contributed by atoms with E-state index in [1.165, 1.54) is 12.1 Å². The Bertz CT molecular complexity index is 1020. The maximum Gasteiger partial charge on any atom is 0.272 e. The lowest BCUT2D eigenvalue weighted by atomic mass is 10.1. The first-order valence-electron chi connectivity index (χ1n) is 9.14. The van der Waals surface area contributed by atoms with Crippen molar-refractivity contribution in [2.45, 2.75) is 6.92 Å². The van der Waals surface area contributed by atoms with Crippen molar-refractivity contribution in [2.75, 3.05) is 24.4 Å². The molecule has 148 valence electrons. The molecule has 0 saturated heterocycles. The molecule has 6 heteroatoms. The van der Waals surface area contributed by atoms with E-state index in [-0.39, 0.29) is 17.6 Å². The summed E-state index contributed by atoms with van der Waals surface area (Å²) in [5, 5.41) is 15.5. The van der Waals surface area contributed by atoms with Gasteiger partial charge < -0.3 is 10.4 Å². The van der Waals surface area contributed by atoms with Crippen LogP contribution in [-0.4, -0.2) is 36.0 Å². The van der Waals surface area contributed by atoms with Crippen molar-refractivity contribution in [1.82, 2.24) is 5.01 Å². The number of nitrogens with one attached hydrogen (secondary N) is 1. The molecular formula is C23H23N3O3. The molecule has 3 aromatic carbocycles. The Labute approximate surface area is 170 Å². The SMILES string of the molecule is Cc1ccc(N(C(=O)c2ccccc2)N(C)C)cc1NC(=O)c1ccc(O)cc1. The summed E-state index contributed by atoms with van der Waals surface area (Å²) in [5.74, 6) is -0.368. The minimum Gasteiger partial charge on any atom is -0.508 e. The van der Waals surface area contributed by atoms with Crippen molar-refractivity contribution in [3.8, 4) is 5.75 Å². The number of anilines is 2. The summed E-state index contributed by atoms with van der Waals surface area (Å²) in [6.07, 6.45) is 0. The average Bonchev–Trinajstić information content (AvgIpc) is 2.71. The summed E-state index contributed by atoms with van der Waals surface area (Å²) in [6.45, 7) is 1.88. The lowest BCUT2D eigenvalue weighted by molar-refractivity contribution is 0.0929. The highest BCUT2D eigenvalue weighted by atomic mass is 16.3. The molecular weight excluding hydrogens is 366 g/mol. The number of carbonyl (C=O) groups excluding carboxylic acids is 2. The predicted molar refractivity (Wildman–Crippen MR) is 114 cm³/mol. The van der Waals surface area contributed by atoms with Gasteiger partial charge in [0.1, 0.15) is 5.75 Å². The number of aryl methyl sites for hydroxylation is 1. The van der Waals surface area contributed by atoms with Crippen LogP contribution in [0.5, 0.6) is 5.75 Å². The van der Waals surface area contributed by atoms with Crippen LogP contribution in [0.3, 0.4) is 0 Å². The number of aromatic hydroxyl groups is 1. The van der Waals surface area contributed by atoms with E-state index in [1.54, 1.807) is 54.4 Å². The molecule has 0 aliphatic carbocycles. The minimum absolute atomic E-state index is 0.0979.